The monoisotopic (exact) mass is 329 g/mol. The fourth-order valence-corrected chi connectivity index (χ4v) is 2.79. The summed E-state index contributed by atoms with van der Waals surface area (Å²) in [5.74, 6) is -1.32. The lowest BCUT2D eigenvalue weighted by Crippen LogP contribution is -2.03. The fraction of sp³-hybridized carbons (Fsp3) is 0.143. The number of hydrogen-bond donors (Lipinski definition) is 0. The summed E-state index contributed by atoms with van der Waals surface area (Å²) < 4.78 is 41.8. The first-order valence-corrected chi connectivity index (χ1v) is 8.03. The zero-order chi connectivity index (χ0) is 15.6. The topological polar surface area (TPSA) is 63.3 Å². The summed E-state index contributed by atoms with van der Waals surface area (Å²) in [6.07, 6.45) is 0. The Morgan fingerprint density at radius 3 is 2.48 bits per heavy atom. The van der Waals surface area contributed by atoms with Crippen molar-refractivity contribution in [1.82, 2.24) is 0 Å². The van der Waals surface area contributed by atoms with E-state index in [1.807, 2.05) is 0 Å². The van der Waals surface area contributed by atoms with Crippen LogP contribution in [0.25, 0.3) is 0 Å². The lowest BCUT2D eigenvalue weighted by atomic mass is 10.3. The maximum absolute atomic E-state index is 13.1. The van der Waals surface area contributed by atoms with Crippen molar-refractivity contribution in [2.75, 3.05) is 5.75 Å². The maximum Gasteiger partial charge on any atom is 0.221 e. The van der Waals surface area contributed by atoms with E-state index in [-0.39, 0.29) is 27.2 Å². The maximum atomic E-state index is 13.1. The first-order valence-electron chi connectivity index (χ1n) is 6.00. The molecule has 2 aromatic carbocycles. The van der Waals surface area contributed by atoms with Gasteiger partial charge in [-0.3, -0.25) is 5.11 Å². The van der Waals surface area contributed by atoms with Crippen LogP contribution in [0.4, 0.5) is 4.39 Å². The number of sulfone groups is 1. The van der Waals surface area contributed by atoms with Crippen molar-refractivity contribution in [3.8, 4) is 17.2 Å². The minimum absolute atomic E-state index is 0.0215. The van der Waals surface area contributed by atoms with Crippen LogP contribution in [0.2, 0.25) is 5.02 Å². The summed E-state index contributed by atoms with van der Waals surface area (Å²) in [5.41, 5.74) is 0. The van der Waals surface area contributed by atoms with E-state index in [9.17, 15) is 17.9 Å². The van der Waals surface area contributed by atoms with Crippen molar-refractivity contribution in [2.24, 2.45) is 0 Å². The highest BCUT2D eigenvalue weighted by atomic mass is 35.5. The molecule has 4 nitrogen and oxygen atoms in total. The number of hydrogen-bond acceptors (Lipinski definition) is 3. The van der Waals surface area contributed by atoms with Gasteiger partial charge in [-0.1, -0.05) is 18.5 Å². The molecule has 0 N–H and O–H groups in total. The molecule has 0 unspecified atom stereocenters. The first-order chi connectivity index (χ1) is 9.83. The minimum atomic E-state index is -3.39. The second-order valence-corrected chi connectivity index (χ2v) is 6.87. The highest BCUT2D eigenvalue weighted by Gasteiger charge is 2.15. The van der Waals surface area contributed by atoms with Crippen molar-refractivity contribution < 1.29 is 22.7 Å². The minimum Gasteiger partial charge on any atom is -0.452 e. The first kappa shape index (κ1) is 15.6. The van der Waals surface area contributed by atoms with Gasteiger partial charge >= 0.3 is 0 Å². The Bertz CT molecular complexity index is 775. The van der Waals surface area contributed by atoms with Gasteiger partial charge in [-0.25, -0.2) is 12.8 Å². The Morgan fingerprint density at radius 1 is 1.14 bits per heavy atom. The molecule has 0 saturated heterocycles. The molecule has 0 bridgehead atoms. The Balaban J connectivity index is 2.36. The van der Waals surface area contributed by atoms with E-state index in [2.05, 4.69) is 0 Å². The molecule has 0 aromatic heterocycles. The average molecular weight is 330 g/mol. The normalized spacial score (nSPS) is 11.4. The number of benzene rings is 2. The number of halogens is 2. The predicted octanol–water partition coefficient (Wildman–Crippen LogP) is 4.21. The molecule has 0 spiro atoms. The van der Waals surface area contributed by atoms with Gasteiger partial charge in [-0.05, 0) is 30.3 Å². The number of ether oxygens (including phenoxy) is 1. The van der Waals surface area contributed by atoms with Crippen LogP contribution in [0, 0.1) is 5.82 Å². The van der Waals surface area contributed by atoms with Gasteiger partial charge in [0.1, 0.15) is 11.6 Å². The molecule has 0 fully saturated rings. The van der Waals surface area contributed by atoms with Crippen LogP contribution in [0.1, 0.15) is 6.92 Å². The molecule has 1 radical (unpaired) electrons. The molecule has 111 valence electrons. The molecule has 0 aliphatic heterocycles. The van der Waals surface area contributed by atoms with Crippen molar-refractivity contribution in [3.63, 3.8) is 0 Å². The lowest BCUT2D eigenvalue weighted by Gasteiger charge is -2.09. The summed E-state index contributed by atoms with van der Waals surface area (Å²) in [6.45, 7) is 1.52. The SMILES string of the molecule is CCS(=O)(=O)c1ccc(Oc2cc(F)ccc2[O])c(Cl)c1. The Labute approximate surface area is 126 Å². The van der Waals surface area contributed by atoms with Crippen molar-refractivity contribution >= 4 is 21.4 Å². The average Bonchev–Trinajstić information content (AvgIpc) is 2.44. The zero-order valence-electron chi connectivity index (χ0n) is 11.0. The lowest BCUT2D eigenvalue weighted by molar-refractivity contribution is 0.327. The molecule has 0 heterocycles. The Hall–Kier alpha value is -1.79. The highest BCUT2D eigenvalue weighted by molar-refractivity contribution is 7.91. The van der Waals surface area contributed by atoms with Crippen LogP contribution in [-0.2, 0) is 14.9 Å². The molecule has 0 saturated carbocycles. The van der Waals surface area contributed by atoms with E-state index in [1.54, 1.807) is 0 Å². The van der Waals surface area contributed by atoms with Crippen LogP contribution in [0.15, 0.2) is 41.3 Å². The molecule has 21 heavy (non-hydrogen) atoms. The molecule has 2 rings (SSSR count). The van der Waals surface area contributed by atoms with E-state index in [0.717, 1.165) is 18.2 Å². The molecule has 0 amide bonds. The van der Waals surface area contributed by atoms with Gasteiger partial charge < -0.3 is 4.74 Å². The molecular formula is C14H11ClFO4S. The summed E-state index contributed by atoms with van der Waals surface area (Å²) in [5, 5.41) is 11.6. The van der Waals surface area contributed by atoms with Gasteiger partial charge in [0, 0.05) is 6.07 Å². The van der Waals surface area contributed by atoms with Gasteiger partial charge in [0.05, 0.1) is 15.7 Å². The standard InChI is InChI=1S/C14H11ClFO4S/c1-2-21(18,19)10-4-6-13(11(15)8-10)20-14-7-9(16)3-5-12(14)17/h3-8H,2H2,1H3. The molecule has 0 atom stereocenters. The predicted molar refractivity (Wildman–Crippen MR) is 75.8 cm³/mol. The Kier molecular flexibility index (Phi) is 4.39. The summed E-state index contributed by atoms with van der Waals surface area (Å²) in [4.78, 5) is 0.0592. The van der Waals surface area contributed by atoms with Crippen LogP contribution in [-0.4, -0.2) is 14.2 Å². The third kappa shape index (κ3) is 3.46. The third-order valence-corrected chi connectivity index (χ3v) is 4.80. The fourth-order valence-electron chi connectivity index (χ4n) is 1.60. The summed E-state index contributed by atoms with van der Waals surface area (Å²) >= 11 is 5.95. The number of rotatable bonds is 4. The highest BCUT2D eigenvalue weighted by Crippen LogP contribution is 2.36. The van der Waals surface area contributed by atoms with Crippen LogP contribution >= 0.6 is 11.6 Å². The van der Waals surface area contributed by atoms with E-state index in [0.29, 0.717) is 0 Å². The second-order valence-electron chi connectivity index (χ2n) is 4.19. The van der Waals surface area contributed by atoms with E-state index in [1.165, 1.54) is 25.1 Å². The van der Waals surface area contributed by atoms with Crippen LogP contribution in [0.5, 0.6) is 17.2 Å². The smallest absolute Gasteiger partial charge is 0.221 e. The Morgan fingerprint density at radius 2 is 1.86 bits per heavy atom. The second kappa shape index (κ2) is 5.91. The summed E-state index contributed by atoms with van der Waals surface area (Å²) in [6, 6.07) is 6.89. The largest absolute Gasteiger partial charge is 0.452 e. The molecule has 0 aliphatic rings. The van der Waals surface area contributed by atoms with Crippen molar-refractivity contribution in [2.45, 2.75) is 11.8 Å². The van der Waals surface area contributed by atoms with Gasteiger partial charge in [0.15, 0.2) is 15.6 Å². The van der Waals surface area contributed by atoms with E-state index in [4.69, 9.17) is 16.3 Å². The third-order valence-electron chi connectivity index (χ3n) is 2.77. The van der Waals surface area contributed by atoms with Crippen molar-refractivity contribution in [1.29, 1.82) is 0 Å². The van der Waals surface area contributed by atoms with Gasteiger partial charge in [-0.2, -0.15) is 0 Å². The van der Waals surface area contributed by atoms with E-state index >= 15 is 0 Å². The van der Waals surface area contributed by atoms with Crippen LogP contribution < -0.4 is 4.74 Å². The van der Waals surface area contributed by atoms with Gasteiger partial charge in [0.2, 0.25) is 5.75 Å². The van der Waals surface area contributed by atoms with E-state index < -0.39 is 21.4 Å². The quantitative estimate of drug-likeness (QED) is 0.844. The van der Waals surface area contributed by atoms with Gasteiger partial charge in [-0.15, -0.1) is 0 Å². The molecule has 2 aromatic rings. The molecular weight excluding hydrogens is 319 g/mol. The zero-order valence-corrected chi connectivity index (χ0v) is 12.5. The summed E-state index contributed by atoms with van der Waals surface area (Å²) in [7, 11) is -3.39. The van der Waals surface area contributed by atoms with Crippen LogP contribution in [0.3, 0.4) is 0 Å². The van der Waals surface area contributed by atoms with Crippen molar-refractivity contribution in [3.05, 3.63) is 47.2 Å². The molecule has 7 heteroatoms. The van der Waals surface area contributed by atoms with Gasteiger partial charge in [0.25, 0.3) is 0 Å². The molecule has 0 aliphatic carbocycles.